The zero-order valence-corrected chi connectivity index (χ0v) is 16.2. The van der Waals surface area contributed by atoms with Gasteiger partial charge in [-0.1, -0.05) is 34.4 Å². The zero-order valence-electron chi connectivity index (χ0n) is 14.7. The molecule has 9 heteroatoms. The van der Waals surface area contributed by atoms with Crippen LogP contribution in [0.1, 0.15) is 34.1 Å². The molecule has 0 aliphatic carbocycles. The van der Waals surface area contributed by atoms with Crippen molar-refractivity contribution in [3.63, 3.8) is 0 Å². The van der Waals surface area contributed by atoms with Crippen LogP contribution in [0.5, 0.6) is 0 Å². The summed E-state index contributed by atoms with van der Waals surface area (Å²) in [6.45, 7) is 1.76. The molecule has 28 heavy (non-hydrogen) atoms. The number of ketones is 1. The summed E-state index contributed by atoms with van der Waals surface area (Å²) >= 11 is 12.1. The fourth-order valence-corrected chi connectivity index (χ4v) is 2.97. The molecular formula is C19H15Cl2N3O4. The van der Waals surface area contributed by atoms with Crippen molar-refractivity contribution < 1.29 is 14.2 Å². The lowest BCUT2D eigenvalue weighted by atomic mass is 9.97. The summed E-state index contributed by atoms with van der Waals surface area (Å²) in [5, 5.41) is 18.6. The summed E-state index contributed by atoms with van der Waals surface area (Å²) in [5.74, 6) is 0.904. The Balaban J connectivity index is 1.86. The number of nitrogens with one attached hydrogen (secondary N) is 1. The minimum Gasteiger partial charge on any atom is -0.360 e. The minimum atomic E-state index is -0.513. The summed E-state index contributed by atoms with van der Waals surface area (Å²) in [5.41, 5.74) is 1.04. The molecule has 1 unspecified atom stereocenters. The Labute approximate surface area is 170 Å². The molecule has 0 fully saturated rings. The van der Waals surface area contributed by atoms with Gasteiger partial charge in [0.25, 0.3) is 5.69 Å². The molecule has 3 rings (SSSR count). The lowest BCUT2D eigenvalue weighted by Gasteiger charge is -2.18. The molecular weight excluding hydrogens is 405 g/mol. The van der Waals surface area contributed by atoms with Crippen LogP contribution in [-0.4, -0.2) is 15.9 Å². The van der Waals surface area contributed by atoms with E-state index in [0.29, 0.717) is 27.2 Å². The van der Waals surface area contributed by atoms with Gasteiger partial charge in [-0.2, -0.15) is 0 Å². The van der Waals surface area contributed by atoms with E-state index in [-0.39, 0.29) is 17.9 Å². The number of aromatic nitrogens is 1. The van der Waals surface area contributed by atoms with Crippen molar-refractivity contribution in [2.45, 2.75) is 19.4 Å². The van der Waals surface area contributed by atoms with Gasteiger partial charge in [-0.05, 0) is 36.8 Å². The van der Waals surface area contributed by atoms with Gasteiger partial charge in [0.1, 0.15) is 5.76 Å². The lowest BCUT2D eigenvalue weighted by molar-refractivity contribution is -0.384. The fraction of sp³-hybridized carbons (Fsp3) is 0.158. The number of hydrogen-bond donors (Lipinski definition) is 1. The van der Waals surface area contributed by atoms with Crippen LogP contribution in [0.25, 0.3) is 0 Å². The molecule has 1 N–H and O–H groups in total. The maximum Gasteiger partial charge on any atom is 0.269 e. The summed E-state index contributed by atoms with van der Waals surface area (Å²) in [4.78, 5) is 23.0. The van der Waals surface area contributed by atoms with Crippen LogP contribution in [-0.2, 0) is 0 Å². The first-order valence-electron chi connectivity index (χ1n) is 8.26. The number of halogens is 2. The van der Waals surface area contributed by atoms with Crippen LogP contribution in [0, 0.1) is 17.0 Å². The number of nitrogens with zero attached hydrogens (tertiary/aromatic N) is 2. The van der Waals surface area contributed by atoms with Gasteiger partial charge in [0.2, 0.25) is 0 Å². The van der Waals surface area contributed by atoms with E-state index in [9.17, 15) is 14.9 Å². The Morgan fingerprint density at radius 2 is 1.89 bits per heavy atom. The van der Waals surface area contributed by atoms with E-state index < -0.39 is 11.0 Å². The summed E-state index contributed by atoms with van der Waals surface area (Å²) in [6, 6.07) is 11.8. The predicted octanol–water partition coefficient (Wildman–Crippen LogP) is 5.62. The molecule has 1 atom stereocenters. The molecule has 0 amide bonds. The highest BCUT2D eigenvalue weighted by atomic mass is 35.5. The van der Waals surface area contributed by atoms with Crippen molar-refractivity contribution in [2.24, 2.45) is 0 Å². The quantitative estimate of drug-likeness (QED) is 0.302. The van der Waals surface area contributed by atoms with Gasteiger partial charge in [-0.15, -0.1) is 0 Å². The Morgan fingerprint density at radius 3 is 2.46 bits per heavy atom. The highest BCUT2D eigenvalue weighted by Gasteiger charge is 2.20. The first-order chi connectivity index (χ1) is 13.3. The monoisotopic (exact) mass is 419 g/mol. The van der Waals surface area contributed by atoms with E-state index in [1.807, 2.05) is 0 Å². The minimum absolute atomic E-state index is 0.0711. The Hall–Kier alpha value is -2.90. The maximum absolute atomic E-state index is 12.7. The Kier molecular flexibility index (Phi) is 5.96. The van der Waals surface area contributed by atoms with E-state index in [4.69, 9.17) is 27.7 Å². The number of nitro groups is 1. The third-order valence-electron chi connectivity index (χ3n) is 4.09. The van der Waals surface area contributed by atoms with Crippen molar-refractivity contribution in [2.75, 3.05) is 5.32 Å². The average molecular weight is 420 g/mol. The van der Waals surface area contributed by atoms with Crippen LogP contribution in [0.2, 0.25) is 10.0 Å². The Morgan fingerprint density at radius 1 is 1.18 bits per heavy atom. The van der Waals surface area contributed by atoms with E-state index in [2.05, 4.69) is 10.5 Å². The molecule has 144 valence electrons. The second-order valence-electron chi connectivity index (χ2n) is 6.12. The van der Waals surface area contributed by atoms with E-state index >= 15 is 0 Å². The molecule has 2 aromatic carbocycles. The SMILES string of the molecule is Cc1cc(NC(CC(=O)c2ccc([N+](=O)[O-])cc2)c2ccc(Cl)c(Cl)c2)no1. The summed E-state index contributed by atoms with van der Waals surface area (Å²) in [7, 11) is 0. The topological polar surface area (TPSA) is 98.3 Å². The molecule has 0 radical (unpaired) electrons. The smallest absolute Gasteiger partial charge is 0.269 e. The standard InChI is InChI=1S/C19H15Cl2N3O4/c1-11-8-19(23-28-11)22-17(13-4-7-15(20)16(21)9-13)10-18(25)12-2-5-14(6-3-12)24(26)27/h2-9,17H,10H2,1H3,(H,22,23). The number of benzene rings is 2. The highest BCUT2D eigenvalue weighted by molar-refractivity contribution is 6.42. The third kappa shape index (κ3) is 4.68. The first-order valence-corrected chi connectivity index (χ1v) is 9.01. The van der Waals surface area contributed by atoms with Gasteiger partial charge in [-0.3, -0.25) is 14.9 Å². The summed E-state index contributed by atoms with van der Waals surface area (Å²) < 4.78 is 5.06. The Bertz CT molecular complexity index is 1020. The van der Waals surface area contributed by atoms with Gasteiger partial charge in [0.15, 0.2) is 11.6 Å². The zero-order chi connectivity index (χ0) is 20.3. The van der Waals surface area contributed by atoms with E-state index in [0.717, 1.165) is 5.56 Å². The van der Waals surface area contributed by atoms with Crippen molar-refractivity contribution >= 4 is 40.5 Å². The lowest BCUT2D eigenvalue weighted by Crippen LogP contribution is -2.16. The van der Waals surface area contributed by atoms with Crippen LogP contribution < -0.4 is 5.32 Å². The predicted molar refractivity (Wildman–Crippen MR) is 106 cm³/mol. The number of aryl methyl sites for hydroxylation is 1. The number of carbonyl (C=O) groups excluding carboxylic acids is 1. The van der Waals surface area contributed by atoms with Crippen LogP contribution in [0.3, 0.4) is 0 Å². The molecule has 1 aromatic heterocycles. The number of anilines is 1. The molecule has 0 saturated heterocycles. The molecule has 0 aliphatic rings. The molecule has 0 bridgehead atoms. The van der Waals surface area contributed by atoms with Crippen molar-refractivity contribution in [3.05, 3.63) is 85.6 Å². The number of hydrogen-bond acceptors (Lipinski definition) is 6. The van der Waals surface area contributed by atoms with Gasteiger partial charge in [0, 0.05) is 30.2 Å². The number of nitro benzene ring substituents is 1. The third-order valence-corrected chi connectivity index (χ3v) is 4.82. The van der Waals surface area contributed by atoms with E-state index in [1.165, 1.54) is 24.3 Å². The highest BCUT2D eigenvalue weighted by Crippen LogP contribution is 2.30. The van der Waals surface area contributed by atoms with E-state index in [1.54, 1.807) is 31.2 Å². The van der Waals surface area contributed by atoms with Crippen molar-refractivity contribution in [1.82, 2.24) is 5.16 Å². The molecule has 0 saturated carbocycles. The van der Waals surface area contributed by atoms with Gasteiger partial charge < -0.3 is 9.84 Å². The normalized spacial score (nSPS) is 11.8. The number of rotatable bonds is 7. The van der Waals surface area contributed by atoms with Gasteiger partial charge in [-0.25, -0.2) is 0 Å². The number of non-ortho nitro benzene ring substituents is 1. The van der Waals surface area contributed by atoms with Crippen molar-refractivity contribution in [1.29, 1.82) is 0 Å². The van der Waals surface area contributed by atoms with Crippen LogP contribution in [0.4, 0.5) is 11.5 Å². The largest absolute Gasteiger partial charge is 0.360 e. The molecule has 0 aliphatic heterocycles. The number of carbonyl (C=O) groups is 1. The second-order valence-corrected chi connectivity index (χ2v) is 6.94. The molecule has 7 nitrogen and oxygen atoms in total. The molecule has 3 aromatic rings. The van der Waals surface area contributed by atoms with Crippen molar-refractivity contribution in [3.8, 4) is 0 Å². The van der Waals surface area contributed by atoms with Gasteiger partial charge in [0.05, 0.1) is 21.0 Å². The second kappa shape index (κ2) is 8.41. The van der Waals surface area contributed by atoms with Gasteiger partial charge >= 0.3 is 0 Å². The van der Waals surface area contributed by atoms with Crippen LogP contribution in [0.15, 0.2) is 53.1 Å². The number of Topliss-reactive ketones (excluding diaryl/α,β-unsaturated/α-hetero) is 1. The van der Waals surface area contributed by atoms with Crippen LogP contribution >= 0.6 is 23.2 Å². The molecule has 0 spiro atoms. The average Bonchev–Trinajstić information content (AvgIpc) is 3.08. The molecule has 1 heterocycles. The first kappa shape index (κ1) is 19.9. The summed E-state index contributed by atoms with van der Waals surface area (Å²) in [6.07, 6.45) is 0.0711. The maximum atomic E-state index is 12.7. The fourth-order valence-electron chi connectivity index (χ4n) is 2.67.